The van der Waals surface area contributed by atoms with Gasteiger partial charge in [0.1, 0.15) is 0 Å². The van der Waals surface area contributed by atoms with Crippen LogP contribution in [0, 0.1) is 5.92 Å². The highest BCUT2D eigenvalue weighted by molar-refractivity contribution is 7.11. The Labute approximate surface area is 163 Å². The van der Waals surface area contributed by atoms with Crippen LogP contribution >= 0.6 is 22.7 Å². The first kappa shape index (κ1) is 17.6. The third-order valence-electron chi connectivity index (χ3n) is 5.15. The van der Waals surface area contributed by atoms with Crippen molar-refractivity contribution in [3.63, 3.8) is 0 Å². The van der Waals surface area contributed by atoms with Crippen LogP contribution in [0.15, 0.2) is 56.2 Å². The first-order valence-corrected chi connectivity index (χ1v) is 11.3. The van der Waals surface area contributed by atoms with E-state index in [9.17, 15) is 0 Å². The van der Waals surface area contributed by atoms with E-state index in [-0.39, 0.29) is 0 Å². The molecule has 0 fully saturated rings. The van der Waals surface area contributed by atoms with Gasteiger partial charge in [-0.1, -0.05) is 51.7 Å². The van der Waals surface area contributed by atoms with Gasteiger partial charge in [-0.3, -0.25) is 9.98 Å². The van der Waals surface area contributed by atoms with Crippen LogP contribution in [0.4, 0.5) is 0 Å². The summed E-state index contributed by atoms with van der Waals surface area (Å²) in [7, 11) is 0. The van der Waals surface area contributed by atoms with E-state index < -0.39 is 0 Å². The zero-order chi connectivity index (χ0) is 17.9. The second kappa shape index (κ2) is 7.85. The number of nitrogens with zero attached hydrogens (tertiary/aromatic N) is 2. The van der Waals surface area contributed by atoms with Gasteiger partial charge >= 0.3 is 0 Å². The van der Waals surface area contributed by atoms with E-state index in [1.165, 1.54) is 52.3 Å². The molecular weight excluding hydrogens is 356 g/mol. The molecule has 4 rings (SSSR count). The Morgan fingerprint density at radius 2 is 1.73 bits per heavy atom. The molecule has 2 aliphatic heterocycles. The lowest BCUT2D eigenvalue weighted by atomic mass is 9.89. The highest BCUT2D eigenvalue weighted by Crippen LogP contribution is 2.43. The summed E-state index contributed by atoms with van der Waals surface area (Å²) in [5, 5.41) is 4.25. The standard InChI is InChI=1S/C22H24N2S2/c1-3-5-8-15(4-2)13-17-20-16(21(24-17)18-9-6-11-25-18)14-23-22(20)19-10-7-12-26-19/h6-7,9-12,14-15H,3-5,8,13H2,1-2H3. The molecule has 134 valence electrons. The van der Waals surface area contributed by atoms with Crippen molar-refractivity contribution in [2.24, 2.45) is 15.9 Å². The summed E-state index contributed by atoms with van der Waals surface area (Å²) >= 11 is 3.52. The zero-order valence-electron chi connectivity index (χ0n) is 15.4. The summed E-state index contributed by atoms with van der Waals surface area (Å²) in [6.07, 6.45) is 8.16. The Bertz CT molecular complexity index is 848. The molecule has 0 amide bonds. The average Bonchev–Trinajstić information content (AvgIpc) is 3.44. The maximum atomic E-state index is 5.13. The summed E-state index contributed by atoms with van der Waals surface area (Å²) < 4.78 is 0. The lowest BCUT2D eigenvalue weighted by molar-refractivity contribution is 0.467. The van der Waals surface area contributed by atoms with E-state index in [4.69, 9.17) is 9.98 Å². The fourth-order valence-corrected chi connectivity index (χ4v) is 5.13. The molecule has 4 heteroatoms. The van der Waals surface area contributed by atoms with Crippen LogP contribution in [0.5, 0.6) is 0 Å². The molecule has 2 aromatic rings. The number of unbranched alkanes of at least 4 members (excludes halogenated alkanes) is 1. The second-order valence-corrected chi connectivity index (χ2v) is 8.77. The van der Waals surface area contributed by atoms with Crippen LogP contribution in [0.2, 0.25) is 0 Å². The van der Waals surface area contributed by atoms with Crippen molar-refractivity contribution < 1.29 is 0 Å². The predicted octanol–water partition coefficient (Wildman–Crippen LogP) is 7.08. The van der Waals surface area contributed by atoms with E-state index in [1.54, 1.807) is 22.7 Å². The van der Waals surface area contributed by atoms with Crippen molar-refractivity contribution in [1.29, 1.82) is 0 Å². The van der Waals surface area contributed by atoms with Gasteiger partial charge in [-0.2, -0.15) is 0 Å². The quantitative estimate of drug-likeness (QED) is 0.467. The average molecular weight is 381 g/mol. The van der Waals surface area contributed by atoms with Crippen molar-refractivity contribution in [1.82, 2.24) is 0 Å². The van der Waals surface area contributed by atoms with E-state index in [2.05, 4.69) is 48.9 Å². The number of aliphatic imine (C=N–C) groups is 2. The molecule has 0 saturated heterocycles. The van der Waals surface area contributed by atoms with Crippen molar-refractivity contribution >= 4 is 46.0 Å². The van der Waals surface area contributed by atoms with Gasteiger partial charge < -0.3 is 0 Å². The third kappa shape index (κ3) is 3.28. The number of hydrogen-bond donors (Lipinski definition) is 0. The summed E-state index contributed by atoms with van der Waals surface area (Å²) in [5.74, 6) is 0.704. The Morgan fingerprint density at radius 1 is 1.00 bits per heavy atom. The van der Waals surface area contributed by atoms with Crippen LogP contribution in [0.3, 0.4) is 0 Å². The Balaban J connectivity index is 1.73. The molecule has 0 spiro atoms. The largest absolute Gasteiger partial charge is 0.254 e. The van der Waals surface area contributed by atoms with Gasteiger partial charge in [-0.15, -0.1) is 22.7 Å². The Morgan fingerprint density at radius 3 is 2.35 bits per heavy atom. The predicted molar refractivity (Wildman–Crippen MR) is 116 cm³/mol. The molecule has 26 heavy (non-hydrogen) atoms. The maximum Gasteiger partial charge on any atom is 0.0900 e. The normalized spacial score (nSPS) is 17.2. The number of thiophene rings is 2. The number of rotatable bonds is 8. The molecule has 0 N–H and O–H groups in total. The van der Waals surface area contributed by atoms with Crippen LogP contribution in [-0.4, -0.2) is 11.9 Å². The fraction of sp³-hybridized carbons (Fsp3) is 0.364. The molecule has 0 aromatic carbocycles. The molecule has 2 aliphatic rings. The van der Waals surface area contributed by atoms with Gasteiger partial charge in [0.2, 0.25) is 0 Å². The first-order chi connectivity index (χ1) is 12.8. The maximum absolute atomic E-state index is 5.13. The number of fused-ring (bicyclic) bond motifs is 1. The Kier molecular flexibility index (Phi) is 5.32. The van der Waals surface area contributed by atoms with Crippen LogP contribution < -0.4 is 0 Å². The molecule has 2 aromatic heterocycles. The summed E-state index contributed by atoms with van der Waals surface area (Å²) in [6, 6.07) is 8.55. The Hall–Kier alpha value is -1.78. The smallest absolute Gasteiger partial charge is 0.0900 e. The molecule has 1 atom stereocenters. The number of hydrogen-bond acceptors (Lipinski definition) is 4. The lowest BCUT2D eigenvalue weighted by Crippen LogP contribution is -2.09. The van der Waals surface area contributed by atoms with Gasteiger partial charge in [-0.05, 0) is 35.2 Å². The van der Waals surface area contributed by atoms with Crippen molar-refractivity contribution in [2.75, 3.05) is 0 Å². The fourth-order valence-electron chi connectivity index (χ4n) is 3.67. The molecule has 0 aliphatic carbocycles. The lowest BCUT2D eigenvalue weighted by Gasteiger charge is -2.15. The van der Waals surface area contributed by atoms with Crippen molar-refractivity contribution in [2.45, 2.75) is 46.0 Å². The highest BCUT2D eigenvalue weighted by Gasteiger charge is 2.32. The zero-order valence-corrected chi connectivity index (χ0v) is 17.0. The molecule has 1 unspecified atom stereocenters. The van der Waals surface area contributed by atoms with Gasteiger partial charge in [0.05, 0.1) is 26.9 Å². The minimum Gasteiger partial charge on any atom is -0.254 e. The summed E-state index contributed by atoms with van der Waals surface area (Å²) in [6.45, 7) is 4.58. The molecule has 0 radical (unpaired) electrons. The number of allylic oxidation sites excluding steroid dienone is 2. The minimum absolute atomic E-state index is 0.704. The molecule has 0 bridgehead atoms. The van der Waals surface area contributed by atoms with Gasteiger partial charge in [0.25, 0.3) is 0 Å². The van der Waals surface area contributed by atoms with Crippen LogP contribution in [0.25, 0.3) is 11.4 Å². The molecule has 4 heterocycles. The monoisotopic (exact) mass is 380 g/mol. The highest BCUT2D eigenvalue weighted by atomic mass is 32.1. The van der Waals surface area contributed by atoms with Crippen molar-refractivity contribution in [3.8, 4) is 0 Å². The van der Waals surface area contributed by atoms with Crippen LogP contribution in [-0.2, 0) is 0 Å². The SMILES string of the molecule is CCCCC(CC)CC1=NC(c2cccs2)=C2C=NC(c3cccs3)=C12. The van der Waals surface area contributed by atoms with Gasteiger partial charge in [0, 0.05) is 17.4 Å². The van der Waals surface area contributed by atoms with Crippen LogP contribution in [0.1, 0.15) is 55.7 Å². The summed E-state index contributed by atoms with van der Waals surface area (Å²) in [5.41, 5.74) is 5.98. The summed E-state index contributed by atoms with van der Waals surface area (Å²) in [4.78, 5) is 12.4. The topological polar surface area (TPSA) is 24.7 Å². The van der Waals surface area contributed by atoms with Gasteiger partial charge in [0.15, 0.2) is 0 Å². The van der Waals surface area contributed by atoms with Gasteiger partial charge in [-0.25, -0.2) is 0 Å². The van der Waals surface area contributed by atoms with E-state index >= 15 is 0 Å². The first-order valence-electron chi connectivity index (χ1n) is 9.50. The van der Waals surface area contributed by atoms with Crippen molar-refractivity contribution in [3.05, 3.63) is 55.9 Å². The molecule has 0 saturated carbocycles. The molecule has 2 nitrogen and oxygen atoms in total. The molecular formula is C22H24N2S2. The van der Waals surface area contributed by atoms with E-state index in [0.29, 0.717) is 5.92 Å². The third-order valence-corrected chi connectivity index (χ3v) is 6.91. The van der Waals surface area contributed by atoms with E-state index in [0.717, 1.165) is 17.8 Å². The second-order valence-electron chi connectivity index (χ2n) is 6.88. The van der Waals surface area contributed by atoms with E-state index in [1.807, 2.05) is 6.21 Å². The minimum atomic E-state index is 0.704.